The first kappa shape index (κ1) is 23.1. The van der Waals surface area contributed by atoms with E-state index in [0.717, 1.165) is 38.4 Å². The molecular formula is C24H23BrN6OS. The zero-order valence-electron chi connectivity index (χ0n) is 18.8. The molecule has 4 aromatic rings. The number of halogens is 1. The molecule has 0 aliphatic carbocycles. The number of nitrogens with one attached hydrogen (secondary N) is 1. The fraction of sp³-hybridized carbons (Fsp3) is 0.208. The molecule has 4 rings (SSSR count). The highest BCUT2D eigenvalue weighted by atomic mass is 79.9. The predicted octanol–water partition coefficient (Wildman–Crippen LogP) is 5.60. The Hall–Kier alpha value is -3.04. The van der Waals surface area contributed by atoms with Gasteiger partial charge in [0.25, 0.3) is 5.91 Å². The molecule has 0 fully saturated rings. The highest BCUT2D eigenvalue weighted by molar-refractivity contribution is 9.10. The number of hydrogen-bond acceptors (Lipinski definition) is 6. The molecule has 0 aliphatic heterocycles. The number of aryl methyl sites for hydroxylation is 4. The van der Waals surface area contributed by atoms with Gasteiger partial charge < -0.3 is 5.32 Å². The number of rotatable bonds is 6. The average Bonchev–Trinajstić information content (AvgIpc) is 3.19. The summed E-state index contributed by atoms with van der Waals surface area (Å²) in [5.74, 6) is 0.130. The summed E-state index contributed by atoms with van der Waals surface area (Å²) >= 11 is 4.91. The highest BCUT2D eigenvalue weighted by Gasteiger charge is 2.22. The molecule has 168 valence electrons. The van der Waals surface area contributed by atoms with Crippen molar-refractivity contribution in [2.75, 3.05) is 5.32 Å². The van der Waals surface area contributed by atoms with Crippen molar-refractivity contribution in [1.29, 1.82) is 0 Å². The molecule has 1 amide bonds. The number of nitrogens with zero attached hydrogens (tertiary/aromatic N) is 5. The van der Waals surface area contributed by atoms with Crippen LogP contribution in [0.2, 0.25) is 0 Å². The molecule has 0 saturated heterocycles. The van der Waals surface area contributed by atoms with Crippen molar-refractivity contribution in [2.45, 2.75) is 38.6 Å². The van der Waals surface area contributed by atoms with E-state index in [9.17, 15) is 4.79 Å². The second-order valence-electron chi connectivity index (χ2n) is 7.77. The van der Waals surface area contributed by atoms with E-state index in [1.807, 2.05) is 76.2 Å². The summed E-state index contributed by atoms with van der Waals surface area (Å²) in [7, 11) is 0. The van der Waals surface area contributed by atoms with E-state index in [4.69, 9.17) is 0 Å². The smallest absolute Gasteiger partial charge is 0.278 e. The Balaban J connectivity index is 1.69. The molecule has 0 saturated carbocycles. The minimum absolute atomic E-state index is 0.274. The zero-order chi connectivity index (χ0) is 23.5. The first-order valence-corrected chi connectivity index (χ1v) is 12.1. The molecule has 1 N–H and O–H groups in total. The van der Waals surface area contributed by atoms with Gasteiger partial charge in [0.15, 0.2) is 10.9 Å². The summed E-state index contributed by atoms with van der Waals surface area (Å²) in [6.07, 6.45) is 0. The number of benzene rings is 2. The van der Waals surface area contributed by atoms with Crippen LogP contribution in [0.1, 0.15) is 38.7 Å². The number of anilines is 1. The molecule has 2 heterocycles. The van der Waals surface area contributed by atoms with Crippen LogP contribution >= 0.6 is 27.7 Å². The first-order chi connectivity index (χ1) is 15.8. The van der Waals surface area contributed by atoms with Crippen LogP contribution in [-0.2, 0) is 5.75 Å². The van der Waals surface area contributed by atoms with E-state index in [1.165, 1.54) is 11.8 Å². The molecule has 9 heteroatoms. The average molecular weight is 523 g/mol. The molecule has 2 aromatic heterocycles. The van der Waals surface area contributed by atoms with Crippen LogP contribution in [-0.4, -0.2) is 30.9 Å². The monoisotopic (exact) mass is 522 g/mol. The normalized spacial score (nSPS) is 10.9. The van der Waals surface area contributed by atoms with Crippen molar-refractivity contribution in [1.82, 2.24) is 25.0 Å². The molecule has 0 aliphatic rings. The van der Waals surface area contributed by atoms with Gasteiger partial charge in [-0.15, -0.1) is 5.10 Å². The van der Waals surface area contributed by atoms with E-state index < -0.39 is 0 Å². The quantitative estimate of drug-likeness (QED) is 0.262. The zero-order valence-corrected chi connectivity index (χ0v) is 21.2. The lowest BCUT2D eigenvalue weighted by atomic mass is 10.1. The number of amides is 1. The van der Waals surface area contributed by atoms with Gasteiger partial charge in [-0.2, -0.15) is 0 Å². The Morgan fingerprint density at radius 3 is 2.39 bits per heavy atom. The molecule has 7 nitrogen and oxygen atoms in total. The van der Waals surface area contributed by atoms with Crippen LogP contribution in [0.5, 0.6) is 0 Å². The van der Waals surface area contributed by atoms with E-state index in [0.29, 0.717) is 16.6 Å². The van der Waals surface area contributed by atoms with Crippen molar-refractivity contribution >= 4 is 39.3 Å². The minimum atomic E-state index is -0.302. The lowest BCUT2D eigenvalue weighted by Crippen LogP contribution is -2.16. The lowest BCUT2D eigenvalue weighted by Gasteiger charge is -2.11. The van der Waals surface area contributed by atoms with Crippen LogP contribution in [0, 0.1) is 27.7 Å². The van der Waals surface area contributed by atoms with Crippen molar-refractivity contribution in [2.24, 2.45) is 0 Å². The summed E-state index contributed by atoms with van der Waals surface area (Å²) in [4.78, 5) is 22.3. The minimum Gasteiger partial charge on any atom is -0.320 e. The Morgan fingerprint density at radius 1 is 1.00 bits per heavy atom. The summed E-state index contributed by atoms with van der Waals surface area (Å²) in [5, 5.41) is 12.2. The van der Waals surface area contributed by atoms with Gasteiger partial charge in [-0.05, 0) is 75.2 Å². The maximum absolute atomic E-state index is 13.2. The van der Waals surface area contributed by atoms with Gasteiger partial charge in [-0.25, -0.2) is 14.6 Å². The maximum atomic E-state index is 13.2. The van der Waals surface area contributed by atoms with E-state index >= 15 is 0 Å². The highest BCUT2D eigenvalue weighted by Crippen LogP contribution is 2.25. The van der Waals surface area contributed by atoms with Gasteiger partial charge in [-0.1, -0.05) is 45.0 Å². The standard InChI is InChI=1S/C24H23BrN6OS/c1-14-5-6-15(2)20(11-14)28-23(32)22-21(13-33-24-26-16(3)12-17(4)27-24)31(30-29-22)19-9-7-18(25)8-10-19/h5-12H,13H2,1-4H3,(H,28,32). The van der Waals surface area contributed by atoms with Crippen LogP contribution in [0.25, 0.3) is 5.69 Å². The van der Waals surface area contributed by atoms with E-state index in [1.54, 1.807) is 4.68 Å². The number of carbonyl (C=O) groups excluding carboxylic acids is 1. The third-order valence-electron chi connectivity index (χ3n) is 4.99. The summed E-state index contributed by atoms with van der Waals surface area (Å²) in [5.41, 5.74) is 6.37. The lowest BCUT2D eigenvalue weighted by molar-refractivity contribution is 0.102. The Morgan fingerprint density at radius 2 is 1.70 bits per heavy atom. The van der Waals surface area contributed by atoms with Gasteiger partial charge in [-0.3, -0.25) is 4.79 Å². The molecule has 0 atom stereocenters. The van der Waals surface area contributed by atoms with Crippen LogP contribution in [0.3, 0.4) is 0 Å². The second-order valence-corrected chi connectivity index (χ2v) is 9.63. The van der Waals surface area contributed by atoms with E-state index in [-0.39, 0.29) is 11.6 Å². The fourth-order valence-corrected chi connectivity index (χ4v) is 4.55. The Kier molecular flexibility index (Phi) is 6.90. The summed E-state index contributed by atoms with van der Waals surface area (Å²) in [6.45, 7) is 7.83. The molecule has 0 spiro atoms. The van der Waals surface area contributed by atoms with Crippen LogP contribution < -0.4 is 5.32 Å². The molecule has 33 heavy (non-hydrogen) atoms. The number of hydrogen-bond donors (Lipinski definition) is 1. The fourth-order valence-electron chi connectivity index (χ4n) is 3.34. The summed E-state index contributed by atoms with van der Waals surface area (Å²) in [6, 6.07) is 15.6. The second kappa shape index (κ2) is 9.84. The third kappa shape index (κ3) is 5.48. The predicted molar refractivity (Wildman–Crippen MR) is 134 cm³/mol. The number of aromatic nitrogens is 5. The van der Waals surface area contributed by atoms with Crippen LogP contribution in [0.4, 0.5) is 5.69 Å². The largest absolute Gasteiger partial charge is 0.320 e. The molecule has 2 aromatic carbocycles. The maximum Gasteiger partial charge on any atom is 0.278 e. The van der Waals surface area contributed by atoms with Gasteiger partial charge in [0.2, 0.25) is 0 Å². The SMILES string of the molecule is Cc1ccc(C)c(NC(=O)c2nnn(-c3ccc(Br)cc3)c2CSc2nc(C)cc(C)n2)c1. The number of thioether (sulfide) groups is 1. The van der Waals surface area contributed by atoms with Crippen molar-refractivity contribution in [3.8, 4) is 5.69 Å². The molecular weight excluding hydrogens is 500 g/mol. The van der Waals surface area contributed by atoms with Gasteiger partial charge >= 0.3 is 0 Å². The van der Waals surface area contributed by atoms with Crippen molar-refractivity contribution in [3.05, 3.63) is 86.9 Å². The number of carbonyl (C=O) groups is 1. The molecule has 0 radical (unpaired) electrons. The Bertz CT molecular complexity index is 1300. The third-order valence-corrected chi connectivity index (χ3v) is 6.38. The van der Waals surface area contributed by atoms with E-state index in [2.05, 4.69) is 41.5 Å². The molecule has 0 unspecified atom stereocenters. The van der Waals surface area contributed by atoms with Gasteiger partial charge in [0, 0.05) is 27.3 Å². The van der Waals surface area contributed by atoms with Gasteiger partial charge in [0.1, 0.15) is 0 Å². The van der Waals surface area contributed by atoms with Crippen molar-refractivity contribution in [3.63, 3.8) is 0 Å². The molecule has 0 bridgehead atoms. The first-order valence-electron chi connectivity index (χ1n) is 10.3. The Labute approximate surface area is 205 Å². The topological polar surface area (TPSA) is 85.6 Å². The van der Waals surface area contributed by atoms with Crippen LogP contribution in [0.15, 0.2) is 58.2 Å². The summed E-state index contributed by atoms with van der Waals surface area (Å²) < 4.78 is 2.65. The van der Waals surface area contributed by atoms with Gasteiger partial charge in [0.05, 0.1) is 11.4 Å². The van der Waals surface area contributed by atoms with Crippen molar-refractivity contribution < 1.29 is 4.79 Å².